The standard InChI is InChI=1S/C23H23N5O5/c29-22-16-6-1-2-7-17(16)23(30)21-20(22)26(27(21)31)11-5-10-24-12-14-25(15-13-24)18-8-3-4-9-19(18)28(32)33/h1-4,6-9,27H,5,10-15H2. The molecule has 2 heterocycles. The Morgan fingerprint density at radius 1 is 0.879 bits per heavy atom. The average molecular weight is 449 g/mol. The van der Waals surface area contributed by atoms with Crippen LogP contribution in [0.1, 0.15) is 27.1 Å². The summed E-state index contributed by atoms with van der Waals surface area (Å²) in [6, 6.07) is 13.4. The predicted molar refractivity (Wildman–Crippen MR) is 120 cm³/mol. The molecule has 3 aliphatic rings. The lowest BCUT2D eigenvalue weighted by molar-refractivity contribution is -0.951. The number of nitro benzene ring substituents is 1. The number of Topliss-reactive ketones (excluding diaryl/α,β-unsaturated/α-hetero) is 2. The number of hydroxylamine groups is 1. The van der Waals surface area contributed by atoms with Gasteiger partial charge in [-0.3, -0.25) is 24.6 Å². The van der Waals surface area contributed by atoms with E-state index in [9.17, 15) is 24.9 Å². The second-order valence-corrected chi connectivity index (χ2v) is 8.31. The second kappa shape index (κ2) is 8.39. The number of rotatable bonds is 6. The Balaban J connectivity index is 1.16. The van der Waals surface area contributed by atoms with Gasteiger partial charge < -0.3 is 10.1 Å². The van der Waals surface area contributed by atoms with Crippen LogP contribution in [0.3, 0.4) is 0 Å². The van der Waals surface area contributed by atoms with Crippen molar-refractivity contribution in [3.8, 4) is 0 Å². The van der Waals surface area contributed by atoms with Crippen LogP contribution in [0.4, 0.5) is 11.4 Å². The third-order valence-corrected chi connectivity index (χ3v) is 6.47. The van der Waals surface area contributed by atoms with Crippen LogP contribution < -0.4 is 10.1 Å². The van der Waals surface area contributed by atoms with Gasteiger partial charge in [-0.25, -0.2) is 10.2 Å². The number of hydrogen-bond donors (Lipinski definition) is 1. The van der Waals surface area contributed by atoms with Gasteiger partial charge in [0.25, 0.3) is 11.5 Å². The number of carbonyl (C=O) groups excluding carboxylic acids is 2. The maximum Gasteiger partial charge on any atom is 0.292 e. The summed E-state index contributed by atoms with van der Waals surface area (Å²) in [7, 11) is 0. The van der Waals surface area contributed by atoms with Crippen LogP contribution in [0.5, 0.6) is 0 Å². The molecule has 2 aliphatic heterocycles. The zero-order chi connectivity index (χ0) is 23.1. The van der Waals surface area contributed by atoms with Crippen LogP contribution in [0.25, 0.3) is 0 Å². The van der Waals surface area contributed by atoms with E-state index >= 15 is 0 Å². The van der Waals surface area contributed by atoms with Gasteiger partial charge in [-0.15, -0.1) is 0 Å². The van der Waals surface area contributed by atoms with Gasteiger partial charge in [0.05, 0.1) is 11.5 Å². The molecular formula is C23H23N5O5. The van der Waals surface area contributed by atoms with E-state index in [2.05, 4.69) is 4.90 Å². The summed E-state index contributed by atoms with van der Waals surface area (Å²) in [5.74, 6) is -0.634. The topological polar surface area (TPSA) is 114 Å². The molecule has 0 spiro atoms. The van der Waals surface area contributed by atoms with E-state index in [1.54, 1.807) is 42.5 Å². The van der Waals surface area contributed by atoms with E-state index in [-0.39, 0.29) is 38.7 Å². The third-order valence-electron chi connectivity index (χ3n) is 6.47. The van der Waals surface area contributed by atoms with Crippen LogP contribution >= 0.6 is 0 Å². The molecule has 0 bridgehead atoms. The number of carbonyl (C=O) groups is 2. The molecule has 2 aromatic carbocycles. The van der Waals surface area contributed by atoms with Crippen LogP contribution in [0.15, 0.2) is 59.9 Å². The van der Waals surface area contributed by atoms with Gasteiger partial charge in [0.1, 0.15) is 5.69 Å². The molecule has 1 N–H and O–H groups in total. The number of quaternary nitrogens is 1. The first-order valence-corrected chi connectivity index (χ1v) is 10.9. The van der Waals surface area contributed by atoms with E-state index in [0.29, 0.717) is 42.9 Å². The first-order valence-electron chi connectivity index (χ1n) is 10.9. The molecule has 0 saturated carbocycles. The number of nitro groups is 1. The number of para-hydroxylation sites is 2. The minimum absolute atomic E-state index is 0.0109. The Bertz CT molecular complexity index is 1170. The minimum Gasteiger partial charge on any atom is -0.602 e. The Kier molecular flexibility index (Phi) is 5.41. The zero-order valence-corrected chi connectivity index (χ0v) is 17.9. The molecule has 2 aromatic rings. The van der Waals surface area contributed by atoms with Gasteiger partial charge in [-0.05, 0) is 12.5 Å². The van der Waals surface area contributed by atoms with Crippen molar-refractivity contribution in [3.05, 3.63) is 86.4 Å². The molecule has 0 radical (unpaired) electrons. The highest BCUT2D eigenvalue weighted by atomic mass is 16.6. The van der Waals surface area contributed by atoms with Crippen molar-refractivity contribution in [2.75, 3.05) is 44.2 Å². The number of allylic oxidation sites excluding steroid dienone is 2. The van der Waals surface area contributed by atoms with E-state index in [1.807, 2.05) is 4.90 Å². The number of ketones is 2. The Morgan fingerprint density at radius 3 is 2.21 bits per heavy atom. The molecule has 1 unspecified atom stereocenters. The highest BCUT2D eigenvalue weighted by Crippen LogP contribution is 2.30. The summed E-state index contributed by atoms with van der Waals surface area (Å²) in [5, 5.41) is 24.9. The van der Waals surface area contributed by atoms with Crippen LogP contribution in [-0.2, 0) is 0 Å². The molecule has 1 aliphatic carbocycles. The summed E-state index contributed by atoms with van der Waals surface area (Å²) >= 11 is 0. The molecule has 10 heteroatoms. The Hall–Kier alpha value is -3.60. The summed E-state index contributed by atoms with van der Waals surface area (Å²) in [6.45, 7) is 3.95. The van der Waals surface area contributed by atoms with Gasteiger partial charge >= 0.3 is 0 Å². The normalized spacial score (nSPS) is 20.5. The van der Waals surface area contributed by atoms with Gasteiger partial charge in [-0.2, -0.15) is 0 Å². The molecular weight excluding hydrogens is 426 g/mol. The van der Waals surface area contributed by atoms with E-state index in [1.165, 1.54) is 11.1 Å². The number of nitrogens with zero attached hydrogens (tertiary/aromatic N) is 4. The van der Waals surface area contributed by atoms with Crippen molar-refractivity contribution < 1.29 is 19.7 Å². The van der Waals surface area contributed by atoms with Crippen molar-refractivity contribution in [2.45, 2.75) is 6.42 Å². The number of fused-ring (bicyclic) bond motifs is 1. The van der Waals surface area contributed by atoms with Crippen LogP contribution in [0.2, 0.25) is 0 Å². The zero-order valence-electron chi connectivity index (χ0n) is 17.9. The Labute approximate surface area is 190 Å². The summed E-state index contributed by atoms with van der Waals surface area (Å²) in [5.41, 5.74) is 1.63. The van der Waals surface area contributed by atoms with Gasteiger partial charge in [-0.1, -0.05) is 36.4 Å². The molecule has 0 aromatic heterocycles. The lowest BCUT2D eigenvalue weighted by Gasteiger charge is -2.46. The monoisotopic (exact) mass is 449 g/mol. The van der Waals surface area contributed by atoms with Crippen molar-refractivity contribution in [1.82, 2.24) is 9.91 Å². The van der Waals surface area contributed by atoms with Gasteiger partial charge in [0.2, 0.25) is 17.2 Å². The fourth-order valence-corrected chi connectivity index (χ4v) is 4.77. The van der Waals surface area contributed by atoms with Crippen molar-refractivity contribution in [2.24, 2.45) is 0 Å². The van der Waals surface area contributed by atoms with Crippen molar-refractivity contribution >= 4 is 22.9 Å². The maximum atomic E-state index is 12.8. The molecule has 1 atom stereocenters. The molecule has 0 amide bonds. The minimum atomic E-state index is -0.376. The summed E-state index contributed by atoms with van der Waals surface area (Å²) in [4.78, 5) is 40.6. The smallest absolute Gasteiger partial charge is 0.292 e. The molecule has 5 rings (SSSR count). The van der Waals surface area contributed by atoms with Crippen molar-refractivity contribution in [1.29, 1.82) is 0 Å². The second-order valence-electron chi connectivity index (χ2n) is 8.31. The average Bonchev–Trinajstić information content (AvgIpc) is 2.84. The maximum absolute atomic E-state index is 12.8. The molecule has 10 nitrogen and oxygen atoms in total. The fourth-order valence-electron chi connectivity index (χ4n) is 4.77. The number of anilines is 1. The molecule has 1 saturated heterocycles. The van der Waals surface area contributed by atoms with Crippen LogP contribution in [0, 0.1) is 15.3 Å². The third kappa shape index (κ3) is 3.58. The lowest BCUT2D eigenvalue weighted by Crippen LogP contribution is -3.18. The number of nitrogens with one attached hydrogen (secondary N) is 1. The largest absolute Gasteiger partial charge is 0.602 e. The number of benzene rings is 2. The highest BCUT2D eigenvalue weighted by Gasteiger charge is 2.49. The van der Waals surface area contributed by atoms with Crippen LogP contribution in [-0.4, -0.2) is 65.7 Å². The first-order chi connectivity index (χ1) is 16.0. The van der Waals surface area contributed by atoms with E-state index in [0.717, 1.165) is 19.6 Å². The summed E-state index contributed by atoms with van der Waals surface area (Å²) in [6.07, 6.45) is 0.664. The molecule has 170 valence electrons. The highest BCUT2D eigenvalue weighted by molar-refractivity contribution is 6.26. The lowest BCUT2D eigenvalue weighted by atomic mass is 9.88. The number of piperazine rings is 1. The van der Waals surface area contributed by atoms with Gasteiger partial charge in [0.15, 0.2) is 0 Å². The van der Waals surface area contributed by atoms with Crippen molar-refractivity contribution in [3.63, 3.8) is 0 Å². The first kappa shape index (κ1) is 21.3. The number of hydrogen-bond acceptors (Lipinski definition) is 8. The molecule has 33 heavy (non-hydrogen) atoms. The van der Waals surface area contributed by atoms with E-state index in [4.69, 9.17) is 0 Å². The Morgan fingerprint density at radius 2 is 1.52 bits per heavy atom. The summed E-state index contributed by atoms with van der Waals surface area (Å²) < 4.78 is 0. The van der Waals surface area contributed by atoms with Gasteiger partial charge in [0, 0.05) is 49.9 Å². The SMILES string of the molecule is O=C1C2=C(C(=O)c3ccccc31)[NH+]([O-])N2CCCN1CCN(c2ccccc2[N+](=O)[O-])CC1. The fraction of sp³-hybridized carbons (Fsp3) is 0.304. The quantitative estimate of drug-likeness (QED) is 0.395. The molecule has 1 fully saturated rings. The van der Waals surface area contributed by atoms with E-state index < -0.39 is 0 Å². The predicted octanol–water partition coefficient (Wildman–Crippen LogP) is 1.01.